The van der Waals surface area contributed by atoms with Gasteiger partial charge in [-0.25, -0.2) is 0 Å². The summed E-state index contributed by atoms with van der Waals surface area (Å²) in [4.78, 5) is 23.5. The standard InChI is InChI=1S/C21H20N2O2/c22-20(12-15-6-2-1-3-7-15)21(25)23-13-16-10-11-17(14-24)19-9-5-4-8-18(16)19/h1-11,14,20H,12-13,22H2,(H,23,25)/t20-/m0/s1. The van der Waals surface area contributed by atoms with Gasteiger partial charge < -0.3 is 11.1 Å². The molecule has 1 atom stereocenters. The number of carbonyl (C=O) groups excluding carboxylic acids is 2. The van der Waals surface area contributed by atoms with Gasteiger partial charge in [-0.2, -0.15) is 0 Å². The highest BCUT2D eigenvalue weighted by atomic mass is 16.2. The third-order valence-corrected chi connectivity index (χ3v) is 4.26. The number of hydrogen-bond acceptors (Lipinski definition) is 3. The number of rotatable bonds is 6. The zero-order chi connectivity index (χ0) is 17.6. The van der Waals surface area contributed by atoms with Crippen LogP contribution in [-0.4, -0.2) is 18.2 Å². The molecule has 0 radical (unpaired) electrons. The summed E-state index contributed by atoms with van der Waals surface area (Å²) < 4.78 is 0. The molecule has 4 heteroatoms. The lowest BCUT2D eigenvalue weighted by atomic mass is 10.00. The number of nitrogens with two attached hydrogens (primary N) is 1. The molecule has 0 aliphatic heterocycles. The topological polar surface area (TPSA) is 72.2 Å². The predicted octanol–water partition coefficient (Wildman–Crippen LogP) is 2.84. The van der Waals surface area contributed by atoms with Crippen LogP contribution in [0.2, 0.25) is 0 Å². The van der Waals surface area contributed by atoms with Crippen LogP contribution in [0.25, 0.3) is 10.8 Å². The lowest BCUT2D eigenvalue weighted by Crippen LogP contribution is -2.41. The van der Waals surface area contributed by atoms with Gasteiger partial charge in [0.2, 0.25) is 5.91 Å². The van der Waals surface area contributed by atoms with Crippen molar-refractivity contribution in [1.82, 2.24) is 5.32 Å². The number of carbonyl (C=O) groups is 2. The highest BCUT2D eigenvalue weighted by molar-refractivity contribution is 5.99. The molecule has 126 valence electrons. The van der Waals surface area contributed by atoms with Crippen LogP contribution in [0.15, 0.2) is 66.7 Å². The first kappa shape index (κ1) is 16.9. The van der Waals surface area contributed by atoms with Crippen LogP contribution in [0.4, 0.5) is 0 Å². The Morgan fingerprint density at radius 1 is 0.960 bits per heavy atom. The van der Waals surface area contributed by atoms with E-state index < -0.39 is 6.04 Å². The Hall–Kier alpha value is -2.98. The fourth-order valence-corrected chi connectivity index (χ4v) is 2.92. The number of fused-ring (bicyclic) bond motifs is 1. The minimum atomic E-state index is -0.595. The van der Waals surface area contributed by atoms with Crippen LogP contribution in [0.3, 0.4) is 0 Å². The van der Waals surface area contributed by atoms with Crippen LogP contribution in [0.1, 0.15) is 21.5 Å². The quantitative estimate of drug-likeness (QED) is 0.682. The maximum atomic E-state index is 12.3. The molecule has 3 aromatic rings. The Kier molecular flexibility index (Phi) is 5.21. The molecule has 0 heterocycles. The molecule has 0 aliphatic carbocycles. The monoisotopic (exact) mass is 332 g/mol. The van der Waals surface area contributed by atoms with Gasteiger partial charge in [0, 0.05) is 12.1 Å². The lowest BCUT2D eigenvalue weighted by molar-refractivity contribution is -0.122. The Bertz CT molecular complexity index is 891. The number of amides is 1. The first-order valence-corrected chi connectivity index (χ1v) is 8.22. The first-order chi connectivity index (χ1) is 12.2. The van der Waals surface area contributed by atoms with E-state index in [4.69, 9.17) is 5.73 Å². The van der Waals surface area contributed by atoms with Crippen LogP contribution in [0.5, 0.6) is 0 Å². The second kappa shape index (κ2) is 7.73. The van der Waals surface area contributed by atoms with E-state index in [2.05, 4.69) is 5.32 Å². The number of nitrogens with one attached hydrogen (secondary N) is 1. The molecule has 4 nitrogen and oxygen atoms in total. The Morgan fingerprint density at radius 2 is 1.64 bits per heavy atom. The molecule has 0 saturated heterocycles. The van der Waals surface area contributed by atoms with Gasteiger partial charge in [-0.1, -0.05) is 66.7 Å². The van der Waals surface area contributed by atoms with Crippen molar-refractivity contribution in [2.45, 2.75) is 19.0 Å². The molecule has 0 fully saturated rings. The third kappa shape index (κ3) is 3.92. The largest absolute Gasteiger partial charge is 0.351 e. The summed E-state index contributed by atoms with van der Waals surface area (Å²) >= 11 is 0. The van der Waals surface area contributed by atoms with Gasteiger partial charge in [-0.15, -0.1) is 0 Å². The molecule has 0 aliphatic rings. The van der Waals surface area contributed by atoms with Gasteiger partial charge in [0.15, 0.2) is 6.29 Å². The Morgan fingerprint density at radius 3 is 2.36 bits per heavy atom. The van der Waals surface area contributed by atoms with Crippen molar-refractivity contribution in [1.29, 1.82) is 0 Å². The van der Waals surface area contributed by atoms with Gasteiger partial charge in [-0.3, -0.25) is 9.59 Å². The lowest BCUT2D eigenvalue weighted by Gasteiger charge is -2.14. The van der Waals surface area contributed by atoms with Crippen molar-refractivity contribution in [3.05, 3.63) is 83.4 Å². The Balaban J connectivity index is 1.70. The van der Waals surface area contributed by atoms with Gasteiger partial charge >= 0.3 is 0 Å². The third-order valence-electron chi connectivity index (χ3n) is 4.26. The molecular formula is C21H20N2O2. The normalized spacial score (nSPS) is 11.9. The van der Waals surface area contributed by atoms with Crippen molar-refractivity contribution in [2.75, 3.05) is 0 Å². The van der Waals surface area contributed by atoms with Crippen molar-refractivity contribution in [3.63, 3.8) is 0 Å². The molecule has 0 unspecified atom stereocenters. The van der Waals surface area contributed by atoms with Crippen molar-refractivity contribution >= 4 is 23.0 Å². The van der Waals surface area contributed by atoms with E-state index in [-0.39, 0.29) is 5.91 Å². The van der Waals surface area contributed by atoms with Crippen molar-refractivity contribution in [2.24, 2.45) is 5.73 Å². The van der Waals surface area contributed by atoms with Gasteiger partial charge in [-0.05, 0) is 28.3 Å². The molecule has 0 saturated carbocycles. The SMILES string of the molecule is N[C@@H](Cc1ccccc1)C(=O)NCc1ccc(C=O)c2ccccc12. The van der Waals surface area contributed by atoms with Crippen molar-refractivity contribution < 1.29 is 9.59 Å². The zero-order valence-electron chi connectivity index (χ0n) is 13.8. The minimum absolute atomic E-state index is 0.188. The molecule has 0 aromatic heterocycles. The van der Waals surface area contributed by atoms with Gasteiger partial charge in [0.05, 0.1) is 6.04 Å². The van der Waals surface area contributed by atoms with E-state index in [1.165, 1.54) is 0 Å². The fraction of sp³-hybridized carbons (Fsp3) is 0.143. The summed E-state index contributed by atoms with van der Waals surface area (Å²) in [5.41, 5.74) is 8.65. The highest BCUT2D eigenvalue weighted by Crippen LogP contribution is 2.21. The van der Waals surface area contributed by atoms with Crippen LogP contribution in [0, 0.1) is 0 Å². The molecular weight excluding hydrogens is 312 g/mol. The average Bonchev–Trinajstić information content (AvgIpc) is 2.66. The van der Waals surface area contributed by atoms with Crippen LogP contribution >= 0.6 is 0 Å². The van der Waals surface area contributed by atoms with E-state index in [1.807, 2.05) is 60.7 Å². The van der Waals surface area contributed by atoms with Crippen molar-refractivity contribution in [3.8, 4) is 0 Å². The summed E-state index contributed by atoms with van der Waals surface area (Å²) in [5.74, 6) is -0.188. The first-order valence-electron chi connectivity index (χ1n) is 8.22. The summed E-state index contributed by atoms with van der Waals surface area (Å²) in [6.45, 7) is 0.376. The maximum Gasteiger partial charge on any atom is 0.237 e. The summed E-state index contributed by atoms with van der Waals surface area (Å²) in [6, 6.07) is 20.4. The highest BCUT2D eigenvalue weighted by Gasteiger charge is 2.14. The second-order valence-electron chi connectivity index (χ2n) is 5.99. The summed E-state index contributed by atoms with van der Waals surface area (Å²) in [5, 5.41) is 4.75. The predicted molar refractivity (Wildman–Crippen MR) is 99.3 cm³/mol. The van der Waals surface area contributed by atoms with Crippen LogP contribution in [-0.2, 0) is 17.8 Å². The summed E-state index contributed by atoms with van der Waals surface area (Å²) in [6.07, 6.45) is 1.35. The fourth-order valence-electron chi connectivity index (χ4n) is 2.92. The average molecular weight is 332 g/mol. The number of aldehydes is 1. The molecule has 1 amide bonds. The molecule has 3 aromatic carbocycles. The zero-order valence-corrected chi connectivity index (χ0v) is 13.8. The van der Waals surface area contributed by atoms with E-state index >= 15 is 0 Å². The van der Waals surface area contributed by atoms with Gasteiger partial charge in [0.1, 0.15) is 0 Å². The minimum Gasteiger partial charge on any atom is -0.351 e. The number of benzene rings is 3. The van der Waals surface area contributed by atoms with E-state index in [9.17, 15) is 9.59 Å². The maximum absolute atomic E-state index is 12.3. The molecule has 0 spiro atoms. The van der Waals surface area contributed by atoms with Crippen LogP contribution < -0.4 is 11.1 Å². The molecule has 25 heavy (non-hydrogen) atoms. The van der Waals surface area contributed by atoms with Gasteiger partial charge in [0.25, 0.3) is 0 Å². The Labute approximate surface area is 146 Å². The number of hydrogen-bond donors (Lipinski definition) is 2. The molecule has 3 rings (SSSR count). The van der Waals surface area contributed by atoms with E-state index in [0.29, 0.717) is 18.5 Å². The molecule has 0 bridgehead atoms. The van der Waals surface area contributed by atoms with E-state index in [0.717, 1.165) is 28.2 Å². The smallest absolute Gasteiger partial charge is 0.237 e. The van der Waals surface area contributed by atoms with E-state index in [1.54, 1.807) is 6.07 Å². The second-order valence-corrected chi connectivity index (χ2v) is 5.99. The molecule has 3 N–H and O–H groups in total. The summed E-state index contributed by atoms with van der Waals surface area (Å²) in [7, 11) is 0.